The van der Waals surface area contributed by atoms with Crippen LogP contribution in [0.5, 0.6) is 0 Å². The molecule has 0 aliphatic rings. The highest BCUT2D eigenvalue weighted by atomic mass is 16.3. The molecule has 0 saturated carbocycles. The summed E-state index contributed by atoms with van der Waals surface area (Å²) < 4.78 is 8.36. The van der Waals surface area contributed by atoms with Gasteiger partial charge < -0.3 is 4.42 Å². The molecule has 0 unspecified atom stereocenters. The maximum Gasteiger partial charge on any atom is 0.162 e. The van der Waals surface area contributed by atoms with Crippen LogP contribution in [0.3, 0.4) is 0 Å². The summed E-state index contributed by atoms with van der Waals surface area (Å²) in [4.78, 5) is 9.99. The number of hydrogen-bond donors (Lipinski definition) is 0. The first-order chi connectivity index (χ1) is 19.8. The minimum Gasteiger partial charge on any atom is -0.456 e. The van der Waals surface area contributed by atoms with Crippen LogP contribution in [0.15, 0.2) is 126 Å². The zero-order valence-corrected chi connectivity index (χ0v) is 21.2. The Morgan fingerprint density at radius 3 is 2.02 bits per heavy atom. The van der Waals surface area contributed by atoms with Crippen LogP contribution in [0.2, 0.25) is 0 Å². The Labute approximate surface area is 229 Å². The summed E-state index contributed by atoms with van der Waals surface area (Å²) in [6, 6.07) is 42.8. The predicted molar refractivity (Wildman–Crippen MR) is 159 cm³/mol. The lowest BCUT2D eigenvalue weighted by Crippen LogP contribution is -2.07. The lowest BCUT2D eigenvalue weighted by atomic mass is 10.1. The Morgan fingerprint density at radius 1 is 0.575 bits per heavy atom. The van der Waals surface area contributed by atoms with Crippen molar-refractivity contribution in [2.24, 2.45) is 0 Å². The first-order valence-electron chi connectivity index (χ1n) is 13.1. The van der Waals surface area contributed by atoms with Crippen LogP contribution in [0.4, 0.5) is 0 Å². The van der Waals surface area contributed by atoms with Gasteiger partial charge in [-0.05, 0) is 18.2 Å². The number of para-hydroxylation sites is 2. The maximum atomic E-state index is 10.6. The Kier molecular flexibility index (Phi) is 4.82. The molecule has 0 bridgehead atoms. The topological polar surface area (TPSA) is 67.6 Å². The molecule has 40 heavy (non-hydrogen) atoms. The van der Waals surface area contributed by atoms with Crippen molar-refractivity contribution in [2.45, 2.75) is 0 Å². The highest BCUT2D eigenvalue weighted by molar-refractivity contribution is 6.17. The van der Waals surface area contributed by atoms with Gasteiger partial charge in [-0.1, -0.05) is 97.1 Å². The third-order valence-electron chi connectivity index (χ3n) is 7.46. The van der Waals surface area contributed by atoms with Crippen molar-refractivity contribution >= 4 is 43.7 Å². The van der Waals surface area contributed by atoms with E-state index in [1.54, 1.807) is 0 Å². The van der Waals surface area contributed by atoms with Crippen molar-refractivity contribution in [2.75, 3.05) is 0 Å². The normalized spacial score (nSPS) is 11.5. The van der Waals surface area contributed by atoms with Gasteiger partial charge in [0.2, 0.25) is 0 Å². The molecule has 5 nitrogen and oxygen atoms in total. The molecule has 5 heteroatoms. The summed E-state index contributed by atoms with van der Waals surface area (Å²) in [6.45, 7) is 0. The second-order valence-electron chi connectivity index (χ2n) is 9.75. The lowest BCUT2D eigenvalue weighted by Gasteiger charge is -2.14. The molecule has 0 radical (unpaired) electrons. The average molecular weight is 513 g/mol. The third kappa shape index (κ3) is 3.27. The highest BCUT2D eigenvalue weighted by Crippen LogP contribution is 2.39. The summed E-state index contributed by atoms with van der Waals surface area (Å²) in [6.07, 6.45) is 0. The molecular formula is C35H20N4O. The standard InChI is InChI=1S/C35H20N4O/c36-21-28-33(22-11-3-1-4-12-22)37-34(23-13-5-2-6-14-23)38-35(28)39-29-17-9-7-15-24(29)26-19-27-25-16-8-10-18-31(25)40-32(27)20-30(26)39/h1-20H. The minimum atomic E-state index is 0.415. The zero-order chi connectivity index (χ0) is 26.6. The van der Waals surface area contributed by atoms with E-state index in [0.29, 0.717) is 22.9 Å². The molecular weight excluding hydrogens is 492 g/mol. The first kappa shape index (κ1) is 22.3. The van der Waals surface area contributed by atoms with E-state index in [2.05, 4.69) is 41.0 Å². The van der Waals surface area contributed by atoms with Crippen LogP contribution < -0.4 is 0 Å². The summed E-state index contributed by atoms with van der Waals surface area (Å²) in [5, 5.41) is 14.9. The van der Waals surface area contributed by atoms with Crippen molar-refractivity contribution in [3.63, 3.8) is 0 Å². The predicted octanol–water partition coefficient (Wildman–Crippen LogP) is 8.68. The molecule has 0 fully saturated rings. The number of nitriles is 1. The minimum absolute atomic E-state index is 0.415. The Balaban J connectivity index is 1.53. The summed E-state index contributed by atoms with van der Waals surface area (Å²) in [5.74, 6) is 1.10. The molecule has 8 aromatic rings. The third-order valence-corrected chi connectivity index (χ3v) is 7.46. The molecule has 5 aromatic carbocycles. The Morgan fingerprint density at radius 2 is 1.25 bits per heavy atom. The van der Waals surface area contributed by atoms with Gasteiger partial charge >= 0.3 is 0 Å². The van der Waals surface area contributed by atoms with E-state index in [1.807, 2.05) is 91.0 Å². The van der Waals surface area contributed by atoms with Gasteiger partial charge in [-0.3, -0.25) is 4.57 Å². The SMILES string of the molecule is N#Cc1c(-c2ccccc2)nc(-c2ccccc2)nc1-n1c2ccccc2c2cc3c(cc21)oc1ccccc13. The van der Waals surface area contributed by atoms with E-state index in [-0.39, 0.29) is 0 Å². The molecule has 0 saturated heterocycles. The van der Waals surface area contributed by atoms with Gasteiger partial charge in [0.1, 0.15) is 22.8 Å². The smallest absolute Gasteiger partial charge is 0.162 e. The van der Waals surface area contributed by atoms with Crippen LogP contribution in [-0.2, 0) is 0 Å². The van der Waals surface area contributed by atoms with E-state index >= 15 is 0 Å². The monoisotopic (exact) mass is 512 g/mol. The number of fused-ring (bicyclic) bond motifs is 6. The van der Waals surface area contributed by atoms with Crippen LogP contribution in [0, 0.1) is 11.3 Å². The van der Waals surface area contributed by atoms with Crippen LogP contribution in [0.25, 0.3) is 72.2 Å². The van der Waals surface area contributed by atoms with E-state index in [4.69, 9.17) is 14.4 Å². The van der Waals surface area contributed by atoms with Crippen molar-refractivity contribution in [1.29, 1.82) is 5.26 Å². The molecule has 0 aliphatic carbocycles. The van der Waals surface area contributed by atoms with E-state index in [0.717, 1.165) is 54.9 Å². The molecule has 3 aromatic heterocycles. The molecule has 0 amide bonds. The number of aromatic nitrogens is 3. The van der Waals surface area contributed by atoms with E-state index in [1.165, 1.54) is 0 Å². The van der Waals surface area contributed by atoms with Crippen LogP contribution in [0.1, 0.15) is 5.56 Å². The van der Waals surface area contributed by atoms with E-state index in [9.17, 15) is 5.26 Å². The van der Waals surface area contributed by atoms with Crippen molar-refractivity contribution in [3.8, 4) is 34.5 Å². The Hall–Kier alpha value is -5.73. The maximum absolute atomic E-state index is 10.6. The number of nitrogens with zero attached hydrogens (tertiary/aromatic N) is 4. The van der Waals surface area contributed by atoms with Crippen molar-refractivity contribution in [1.82, 2.24) is 14.5 Å². The van der Waals surface area contributed by atoms with Gasteiger partial charge in [-0.15, -0.1) is 0 Å². The van der Waals surface area contributed by atoms with Crippen LogP contribution in [-0.4, -0.2) is 14.5 Å². The summed E-state index contributed by atoms with van der Waals surface area (Å²) in [5.41, 5.74) is 6.27. The number of hydrogen-bond acceptors (Lipinski definition) is 4. The fraction of sp³-hybridized carbons (Fsp3) is 0. The van der Waals surface area contributed by atoms with Gasteiger partial charge in [0, 0.05) is 38.7 Å². The quantitative estimate of drug-likeness (QED) is 0.237. The fourth-order valence-electron chi connectivity index (χ4n) is 5.65. The second kappa shape index (κ2) is 8.65. The van der Waals surface area contributed by atoms with Gasteiger partial charge in [0.25, 0.3) is 0 Å². The van der Waals surface area contributed by atoms with E-state index < -0.39 is 0 Å². The molecule has 0 atom stereocenters. The lowest BCUT2D eigenvalue weighted by molar-refractivity contribution is 0.669. The molecule has 8 rings (SSSR count). The fourth-order valence-corrected chi connectivity index (χ4v) is 5.65. The van der Waals surface area contributed by atoms with Gasteiger partial charge in [-0.25, -0.2) is 9.97 Å². The summed E-state index contributed by atoms with van der Waals surface area (Å²) in [7, 11) is 0. The molecule has 186 valence electrons. The molecule has 3 heterocycles. The zero-order valence-electron chi connectivity index (χ0n) is 21.2. The Bertz CT molecular complexity index is 2270. The van der Waals surface area contributed by atoms with Gasteiger partial charge in [0.15, 0.2) is 11.6 Å². The second-order valence-corrected chi connectivity index (χ2v) is 9.75. The number of benzene rings is 5. The molecule has 0 N–H and O–H groups in total. The average Bonchev–Trinajstić information content (AvgIpc) is 3.55. The van der Waals surface area contributed by atoms with Crippen LogP contribution >= 0.6 is 0 Å². The van der Waals surface area contributed by atoms with Crippen molar-refractivity contribution < 1.29 is 4.42 Å². The van der Waals surface area contributed by atoms with Gasteiger partial charge in [0.05, 0.1) is 16.7 Å². The number of furan rings is 1. The number of rotatable bonds is 3. The summed E-state index contributed by atoms with van der Waals surface area (Å²) >= 11 is 0. The largest absolute Gasteiger partial charge is 0.456 e. The highest BCUT2D eigenvalue weighted by Gasteiger charge is 2.23. The molecule has 0 aliphatic heterocycles. The first-order valence-corrected chi connectivity index (χ1v) is 13.1. The van der Waals surface area contributed by atoms with Gasteiger partial charge in [-0.2, -0.15) is 5.26 Å². The molecule has 0 spiro atoms. The van der Waals surface area contributed by atoms with Crippen molar-refractivity contribution in [3.05, 3.63) is 127 Å².